The molecular formula is C22H25ClN2O4. The number of hydrogen-bond acceptors (Lipinski definition) is 4. The van der Waals surface area contributed by atoms with E-state index in [0.29, 0.717) is 40.8 Å². The van der Waals surface area contributed by atoms with Gasteiger partial charge in [-0.25, -0.2) is 0 Å². The summed E-state index contributed by atoms with van der Waals surface area (Å²) in [6.45, 7) is 4.19. The van der Waals surface area contributed by atoms with E-state index in [-0.39, 0.29) is 11.8 Å². The van der Waals surface area contributed by atoms with Crippen molar-refractivity contribution in [3.05, 3.63) is 58.1 Å². The first-order chi connectivity index (χ1) is 14.0. The number of carbonyl (C=O) groups is 2. The number of hydrogen-bond donors (Lipinski definition) is 1. The van der Waals surface area contributed by atoms with Crippen molar-refractivity contribution < 1.29 is 19.1 Å². The molecule has 2 aromatic rings. The van der Waals surface area contributed by atoms with Crippen LogP contribution >= 0.6 is 11.6 Å². The lowest BCUT2D eigenvalue weighted by Crippen LogP contribution is -2.28. The van der Waals surface area contributed by atoms with Crippen LogP contribution in [0.3, 0.4) is 0 Å². The Labute approximate surface area is 175 Å². The standard InChI is InChI=1S/C22H25ClN2O4/c1-3-29-20-18(23)12-17(13-19(20)28-2)21(26)24-14-15-7-6-8-16(11-15)22(27)25-9-4-5-10-25/h6-8,11-13H,3-5,9-10,14H2,1-2H3,(H,24,26). The molecule has 154 valence electrons. The summed E-state index contributed by atoms with van der Waals surface area (Å²) in [6.07, 6.45) is 2.10. The van der Waals surface area contributed by atoms with Crippen LogP contribution in [0.1, 0.15) is 46.0 Å². The van der Waals surface area contributed by atoms with Gasteiger partial charge in [0.15, 0.2) is 11.5 Å². The molecule has 3 rings (SSSR count). The van der Waals surface area contributed by atoms with Crippen LogP contribution in [0.2, 0.25) is 5.02 Å². The Morgan fingerprint density at radius 2 is 1.90 bits per heavy atom. The van der Waals surface area contributed by atoms with Gasteiger partial charge in [0.1, 0.15) is 0 Å². The maximum absolute atomic E-state index is 12.6. The second kappa shape index (κ2) is 9.65. The monoisotopic (exact) mass is 416 g/mol. The Morgan fingerprint density at radius 1 is 1.14 bits per heavy atom. The minimum absolute atomic E-state index is 0.0405. The van der Waals surface area contributed by atoms with E-state index < -0.39 is 0 Å². The van der Waals surface area contributed by atoms with E-state index >= 15 is 0 Å². The van der Waals surface area contributed by atoms with Crippen molar-refractivity contribution in [2.75, 3.05) is 26.8 Å². The zero-order valence-electron chi connectivity index (χ0n) is 16.7. The smallest absolute Gasteiger partial charge is 0.253 e. The Bertz CT molecular complexity index is 894. The molecule has 1 fully saturated rings. The summed E-state index contributed by atoms with van der Waals surface area (Å²) >= 11 is 6.24. The third-order valence-electron chi connectivity index (χ3n) is 4.80. The van der Waals surface area contributed by atoms with Crippen LogP contribution < -0.4 is 14.8 Å². The molecule has 0 aromatic heterocycles. The second-order valence-corrected chi connectivity index (χ2v) is 7.21. The topological polar surface area (TPSA) is 67.9 Å². The molecule has 2 amide bonds. The molecule has 0 bridgehead atoms. The summed E-state index contributed by atoms with van der Waals surface area (Å²) in [5.41, 5.74) is 1.87. The van der Waals surface area contributed by atoms with Crippen LogP contribution in [0.25, 0.3) is 0 Å². The van der Waals surface area contributed by atoms with Gasteiger partial charge in [0, 0.05) is 30.8 Å². The minimum Gasteiger partial charge on any atom is -0.493 e. The molecule has 1 aliphatic heterocycles. The summed E-state index contributed by atoms with van der Waals surface area (Å²) in [6, 6.07) is 10.5. The fraction of sp³-hybridized carbons (Fsp3) is 0.364. The van der Waals surface area contributed by atoms with E-state index in [4.69, 9.17) is 21.1 Å². The number of ether oxygens (including phenoxy) is 2. The maximum Gasteiger partial charge on any atom is 0.253 e. The zero-order chi connectivity index (χ0) is 20.8. The second-order valence-electron chi connectivity index (χ2n) is 6.80. The molecule has 0 radical (unpaired) electrons. The Kier molecular flexibility index (Phi) is 6.99. The highest BCUT2D eigenvalue weighted by molar-refractivity contribution is 6.32. The lowest BCUT2D eigenvalue weighted by molar-refractivity contribution is 0.0792. The van der Waals surface area contributed by atoms with E-state index in [2.05, 4.69) is 5.32 Å². The predicted molar refractivity (Wildman–Crippen MR) is 112 cm³/mol. The summed E-state index contributed by atoms with van der Waals surface area (Å²) in [5, 5.41) is 3.18. The molecule has 2 aromatic carbocycles. The third-order valence-corrected chi connectivity index (χ3v) is 5.08. The molecule has 0 aliphatic carbocycles. The number of halogens is 1. The quantitative estimate of drug-likeness (QED) is 0.743. The highest BCUT2D eigenvalue weighted by Gasteiger charge is 2.20. The Hall–Kier alpha value is -2.73. The van der Waals surface area contributed by atoms with Crippen LogP contribution in [-0.4, -0.2) is 43.5 Å². The predicted octanol–water partition coefficient (Wildman–Crippen LogP) is 3.91. The van der Waals surface area contributed by atoms with Gasteiger partial charge >= 0.3 is 0 Å². The van der Waals surface area contributed by atoms with Gasteiger partial charge in [-0.15, -0.1) is 0 Å². The van der Waals surface area contributed by atoms with Crippen molar-refractivity contribution in [3.8, 4) is 11.5 Å². The average Bonchev–Trinajstić information content (AvgIpc) is 3.28. The van der Waals surface area contributed by atoms with Gasteiger partial charge in [0.25, 0.3) is 11.8 Å². The van der Waals surface area contributed by atoms with Gasteiger partial charge in [0.05, 0.1) is 18.7 Å². The number of methoxy groups -OCH3 is 1. The summed E-state index contributed by atoms with van der Waals surface area (Å²) in [5.74, 6) is 0.576. The fourth-order valence-corrected chi connectivity index (χ4v) is 3.60. The number of rotatable bonds is 7. The number of nitrogens with zero attached hydrogens (tertiary/aromatic N) is 1. The molecular weight excluding hydrogens is 392 g/mol. The highest BCUT2D eigenvalue weighted by atomic mass is 35.5. The van der Waals surface area contributed by atoms with Crippen molar-refractivity contribution in [2.24, 2.45) is 0 Å². The summed E-state index contributed by atoms with van der Waals surface area (Å²) < 4.78 is 10.8. The van der Waals surface area contributed by atoms with Crippen molar-refractivity contribution in [3.63, 3.8) is 0 Å². The van der Waals surface area contributed by atoms with E-state index in [0.717, 1.165) is 31.5 Å². The molecule has 0 saturated carbocycles. The molecule has 1 saturated heterocycles. The molecule has 1 aliphatic rings. The SMILES string of the molecule is CCOc1c(Cl)cc(C(=O)NCc2cccc(C(=O)N3CCCC3)c2)cc1OC. The number of amides is 2. The normalized spacial score (nSPS) is 13.3. The summed E-state index contributed by atoms with van der Waals surface area (Å²) in [4.78, 5) is 27.0. The molecule has 1 heterocycles. The minimum atomic E-state index is -0.287. The molecule has 0 atom stereocenters. The zero-order valence-corrected chi connectivity index (χ0v) is 17.4. The van der Waals surface area contributed by atoms with Crippen molar-refractivity contribution in [1.82, 2.24) is 10.2 Å². The third kappa shape index (κ3) is 5.01. The fourth-order valence-electron chi connectivity index (χ4n) is 3.34. The van der Waals surface area contributed by atoms with E-state index in [1.165, 1.54) is 7.11 Å². The molecule has 0 spiro atoms. The first-order valence-corrected chi connectivity index (χ1v) is 10.1. The number of benzene rings is 2. The largest absolute Gasteiger partial charge is 0.493 e. The first kappa shape index (κ1) is 21.0. The Morgan fingerprint density at radius 3 is 2.59 bits per heavy atom. The van der Waals surface area contributed by atoms with Gasteiger partial charge in [-0.2, -0.15) is 0 Å². The van der Waals surface area contributed by atoms with Gasteiger partial charge in [-0.3, -0.25) is 9.59 Å². The van der Waals surface area contributed by atoms with Crippen LogP contribution in [0.5, 0.6) is 11.5 Å². The van der Waals surface area contributed by atoms with E-state index in [9.17, 15) is 9.59 Å². The van der Waals surface area contributed by atoms with Gasteiger partial charge < -0.3 is 19.7 Å². The first-order valence-electron chi connectivity index (χ1n) is 9.70. The number of carbonyl (C=O) groups excluding carboxylic acids is 2. The van der Waals surface area contributed by atoms with Crippen LogP contribution in [0, 0.1) is 0 Å². The lowest BCUT2D eigenvalue weighted by atomic mass is 10.1. The van der Waals surface area contributed by atoms with E-state index in [1.807, 2.05) is 36.1 Å². The number of nitrogens with one attached hydrogen (secondary N) is 1. The maximum atomic E-state index is 12.6. The molecule has 6 nitrogen and oxygen atoms in total. The molecule has 7 heteroatoms. The number of likely N-dealkylation sites (tertiary alicyclic amines) is 1. The summed E-state index contributed by atoms with van der Waals surface area (Å²) in [7, 11) is 1.50. The Balaban J connectivity index is 1.68. The van der Waals surface area contributed by atoms with Crippen molar-refractivity contribution >= 4 is 23.4 Å². The van der Waals surface area contributed by atoms with Gasteiger partial charge in [-0.05, 0) is 49.6 Å². The van der Waals surface area contributed by atoms with Crippen molar-refractivity contribution in [1.29, 1.82) is 0 Å². The molecule has 0 unspecified atom stereocenters. The lowest BCUT2D eigenvalue weighted by Gasteiger charge is -2.16. The van der Waals surface area contributed by atoms with Gasteiger partial charge in [-0.1, -0.05) is 23.7 Å². The molecule has 1 N–H and O–H groups in total. The van der Waals surface area contributed by atoms with Crippen molar-refractivity contribution in [2.45, 2.75) is 26.3 Å². The van der Waals surface area contributed by atoms with Crippen LogP contribution in [-0.2, 0) is 6.54 Å². The van der Waals surface area contributed by atoms with Gasteiger partial charge in [0.2, 0.25) is 0 Å². The van der Waals surface area contributed by atoms with Crippen LogP contribution in [0.4, 0.5) is 0 Å². The van der Waals surface area contributed by atoms with Crippen LogP contribution in [0.15, 0.2) is 36.4 Å². The average molecular weight is 417 g/mol. The molecule has 29 heavy (non-hydrogen) atoms. The highest BCUT2D eigenvalue weighted by Crippen LogP contribution is 2.36. The van der Waals surface area contributed by atoms with E-state index in [1.54, 1.807) is 12.1 Å².